The van der Waals surface area contributed by atoms with Gasteiger partial charge in [-0.25, -0.2) is 4.79 Å². The maximum atomic E-state index is 11.8. The van der Waals surface area contributed by atoms with Gasteiger partial charge in [0.1, 0.15) is 18.8 Å². The van der Waals surface area contributed by atoms with Crippen LogP contribution in [-0.4, -0.2) is 6.73 Å². The Labute approximate surface area is 144 Å². The Morgan fingerprint density at radius 3 is 2.75 bits per heavy atom. The molecule has 0 spiro atoms. The third-order valence-electron chi connectivity index (χ3n) is 4.41. The van der Waals surface area contributed by atoms with Crippen LogP contribution in [0.3, 0.4) is 0 Å². The first kappa shape index (κ1) is 15.2. The van der Waals surface area contributed by atoms with E-state index in [4.69, 9.17) is 20.8 Å². The summed E-state index contributed by atoms with van der Waals surface area (Å²) in [7, 11) is 0. The Morgan fingerprint density at radius 1 is 1.17 bits per heavy atom. The molecule has 1 N–H and O–H groups in total. The molecule has 122 valence electrons. The average molecular weight is 343 g/mol. The highest BCUT2D eigenvalue weighted by atomic mass is 35.5. The monoisotopic (exact) mass is 342 g/mol. The summed E-state index contributed by atoms with van der Waals surface area (Å²) in [5, 5.41) is 1.70. The molecule has 1 aromatic heterocycles. The Bertz CT molecular complexity index is 963. The predicted octanol–water partition coefficient (Wildman–Crippen LogP) is 2.69. The second kappa shape index (κ2) is 5.96. The lowest BCUT2D eigenvalue weighted by Crippen LogP contribution is -3.10. The van der Waals surface area contributed by atoms with E-state index in [9.17, 15) is 4.79 Å². The number of benzene rings is 2. The van der Waals surface area contributed by atoms with Gasteiger partial charge in [-0.3, -0.25) is 4.90 Å². The van der Waals surface area contributed by atoms with Crippen molar-refractivity contribution in [2.24, 2.45) is 0 Å². The summed E-state index contributed by atoms with van der Waals surface area (Å²) < 4.78 is 11.4. The largest absolute Gasteiger partial charge is 0.445 e. The van der Waals surface area contributed by atoms with Gasteiger partial charge in [0.15, 0.2) is 5.58 Å². The van der Waals surface area contributed by atoms with E-state index in [2.05, 4.69) is 0 Å². The zero-order chi connectivity index (χ0) is 16.7. The van der Waals surface area contributed by atoms with Crippen LogP contribution in [0.2, 0.25) is 5.02 Å². The summed E-state index contributed by atoms with van der Waals surface area (Å²) in [5.74, 6) is 0.802. The fraction of sp³-hybridized carbons (Fsp3) is 0.211. The number of halogens is 1. The number of nitrogens with one attached hydrogen (secondary N) is 1. The van der Waals surface area contributed by atoms with E-state index in [1.54, 1.807) is 0 Å². The van der Waals surface area contributed by atoms with Crippen LogP contribution in [0.25, 0.3) is 11.0 Å². The number of fused-ring (bicyclic) bond motifs is 3. The van der Waals surface area contributed by atoms with Gasteiger partial charge in [-0.1, -0.05) is 23.7 Å². The Kier molecular flexibility index (Phi) is 3.79. The molecular formula is C19H17ClNO3+. The minimum atomic E-state index is -0.321. The second-order valence-corrected chi connectivity index (χ2v) is 6.62. The molecule has 1 unspecified atom stereocenters. The normalized spacial score (nSPS) is 16.7. The summed E-state index contributed by atoms with van der Waals surface area (Å²) >= 11 is 5.94. The molecule has 0 aliphatic carbocycles. The molecule has 0 radical (unpaired) electrons. The molecule has 2 aromatic carbocycles. The van der Waals surface area contributed by atoms with Gasteiger partial charge in [-0.15, -0.1) is 0 Å². The van der Waals surface area contributed by atoms with E-state index in [0.717, 1.165) is 40.4 Å². The molecule has 1 atom stereocenters. The van der Waals surface area contributed by atoms with Crippen LogP contribution in [0.5, 0.6) is 5.75 Å². The molecule has 0 amide bonds. The van der Waals surface area contributed by atoms with Crippen molar-refractivity contribution in [3.05, 3.63) is 74.6 Å². The van der Waals surface area contributed by atoms with Gasteiger partial charge in [0.25, 0.3) is 0 Å². The standard InChI is InChI=1S/C19H16ClNO3/c1-12-8-18(22)24-19-15(12)6-7-17-16(19)10-21(11-23-17)9-13-2-4-14(20)5-3-13/h2-8H,9-11H2,1H3/p+1. The molecular weight excluding hydrogens is 326 g/mol. The lowest BCUT2D eigenvalue weighted by molar-refractivity contribution is -0.945. The van der Waals surface area contributed by atoms with Crippen LogP contribution >= 0.6 is 11.6 Å². The minimum absolute atomic E-state index is 0.321. The molecule has 0 bridgehead atoms. The summed E-state index contributed by atoms with van der Waals surface area (Å²) in [4.78, 5) is 13.0. The molecule has 0 saturated heterocycles. The first-order valence-electron chi connectivity index (χ1n) is 7.87. The third kappa shape index (κ3) is 2.79. The third-order valence-corrected chi connectivity index (χ3v) is 4.66. The molecule has 1 aliphatic rings. The van der Waals surface area contributed by atoms with Gasteiger partial charge >= 0.3 is 5.63 Å². The lowest BCUT2D eigenvalue weighted by Gasteiger charge is -2.26. The number of rotatable bonds is 2. The van der Waals surface area contributed by atoms with Gasteiger partial charge in [-0.05, 0) is 36.8 Å². The molecule has 5 heteroatoms. The number of hydrogen-bond donors (Lipinski definition) is 1. The van der Waals surface area contributed by atoms with Crippen LogP contribution in [0.1, 0.15) is 16.7 Å². The molecule has 1 aliphatic heterocycles. The van der Waals surface area contributed by atoms with Crippen LogP contribution in [0.4, 0.5) is 0 Å². The van der Waals surface area contributed by atoms with Crippen LogP contribution in [-0.2, 0) is 13.1 Å². The molecule has 0 saturated carbocycles. The van der Waals surface area contributed by atoms with Crippen molar-refractivity contribution >= 4 is 22.6 Å². The maximum Gasteiger partial charge on any atom is 0.336 e. The minimum Gasteiger partial charge on any atom is -0.445 e. The van der Waals surface area contributed by atoms with Crippen LogP contribution < -0.4 is 15.3 Å². The van der Waals surface area contributed by atoms with Gasteiger partial charge in [0, 0.05) is 22.0 Å². The van der Waals surface area contributed by atoms with Crippen molar-refractivity contribution in [2.45, 2.75) is 20.0 Å². The molecule has 3 aromatic rings. The quantitative estimate of drug-likeness (QED) is 0.728. The van der Waals surface area contributed by atoms with E-state index < -0.39 is 0 Å². The number of aryl methyl sites for hydroxylation is 1. The van der Waals surface area contributed by atoms with Gasteiger partial charge in [0.05, 0.1) is 5.56 Å². The van der Waals surface area contributed by atoms with Gasteiger partial charge < -0.3 is 9.15 Å². The molecule has 4 rings (SSSR count). The zero-order valence-electron chi connectivity index (χ0n) is 13.3. The van der Waals surface area contributed by atoms with E-state index >= 15 is 0 Å². The summed E-state index contributed by atoms with van der Waals surface area (Å²) in [6.45, 7) is 4.08. The fourth-order valence-corrected chi connectivity index (χ4v) is 3.34. The summed E-state index contributed by atoms with van der Waals surface area (Å²) in [6, 6.07) is 13.3. The fourth-order valence-electron chi connectivity index (χ4n) is 3.21. The van der Waals surface area contributed by atoms with Crippen molar-refractivity contribution in [3.8, 4) is 5.75 Å². The van der Waals surface area contributed by atoms with Crippen LogP contribution in [0, 0.1) is 6.92 Å². The Morgan fingerprint density at radius 2 is 1.96 bits per heavy atom. The maximum absolute atomic E-state index is 11.8. The average Bonchev–Trinajstić information content (AvgIpc) is 2.57. The van der Waals surface area contributed by atoms with Crippen molar-refractivity contribution in [3.63, 3.8) is 0 Å². The van der Waals surface area contributed by atoms with Crippen molar-refractivity contribution in [1.82, 2.24) is 0 Å². The summed E-state index contributed by atoms with van der Waals surface area (Å²) in [6.07, 6.45) is 0. The van der Waals surface area contributed by atoms with Crippen molar-refractivity contribution in [1.29, 1.82) is 0 Å². The van der Waals surface area contributed by atoms with Gasteiger partial charge in [-0.2, -0.15) is 0 Å². The van der Waals surface area contributed by atoms with Gasteiger partial charge in [0.2, 0.25) is 6.73 Å². The molecule has 24 heavy (non-hydrogen) atoms. The summed E-state index contributed by atoms with van der Waals surface area (Å²) in [5.41, 5.74) is 3.40. The smallest absolute Gasteiger partial charge is 0.336 e. The number of hydrogen-bond acceptors (Lipinski definition) is 3. The van der Waals surface area contributed by atoms with E-state index in [0.29, 0.717) is 12.3 Å². The Hall–Kier alpha value is -2.30. The number of quaternary nitrogens is 1. The Balaban J connectivity index is 1.69. The van der Waals surface area contributed by atoms with Crippen molar-refractivity contribution < 1.29 is 14.1 Å². The lowest BCUT2D eigenvalue weighted by atomic mass is 10.0. The highest BCUT2D eigenvalue weighted by molar-refractivity contribution is 6.30. The van der Waals surface area contributed by atoms with E-state index in [1.165, 1.54) is 16.5 Å². The molecule has 0 fully saturated rings. The number of ether oxygens (including phenoxy) is 1. The molecule has 4 nitrogen and oxygen atoms in total. The van der Waals surface area contributed by atoms with E-state index in [1.807, 2.05) is 43.3 Å². The second-order valence-electron chi connectivity index (χ2n) is 6.19. The first-order chi connectivity index (χ1) is 11.6. The molecule has 2 heterocycles. The highest BCUT2D eigenvalue weighted by Crippen LogP contribution is 2.29. The first-order valence-corrected chi connectivity index (χ1v) is 8.25. The van der Waals surface area contributed by atoms with Crippen LogP contribution in [0.15, 0.2) is 51.7 Å². The van der Waals surface area contributed by atoms with E-state index in [-0.39, 0.29) is 5.63 Å². The SMILES string of the molecule is Cc1cc(=O)oc2c3c(ccc12)OC[NH+](Cc1ccc(Cl)cc1)C3. The van der Waals surface area contributed by atoms with Crippen molar-refractivity contribution in [2.75, 3.05) is 6.73 Å². The predicted molar refractivity (Wildman–Crippen MR) is 92.5 cm³/mol. The zero-order valence-corrected chi connectivity index (χ0v) is 14.0. The highest BCUT2D eigenvalue weighted by Gasteiger charge is 2.24. The topological polar surface area (TPSA) is 43.9 Å².